The van der Waals surface area contributed by atoms with E-state index in [1.54, 1.807) is 24.3 Å². The maximum atomic E-state index is 9.73. The lowest BCUT2D eigenvalue weighted by atomic mass is 9.98. The highest BCUT2D eigenvalue weighted by Crippen LogP contribution is 2.26. The fraction of sp³-hybridized carbons (Fsp3) is 0.429. The van der Waals surface area contributed by atoms with Gasteiger partial charge in [0.25, 0.3) is 0 Å². The molecule has 62 heavy (non-hydrogen) atoms. The third-order valence-electron chi connectivity index (χ3n) is 10.6. The molecule has 0 atom stereocenters. The molecule has 0 amide bonds. The van der Waals surface area contributed by atoms with Crippen molar-refractivity contribution in [2.45, 2.75) is 156 Å². The molecule has 0 aliphatic heterocycles. The van der Waals surface area contributed by atoms with Crippen LogP contribution in [0.25, 0.3) is 0 Å². The minimum Gasteiger partial charge on any atom is -0.508 e. The minimum absolute atomic E-state index is 0. The van der Waals surface area contributed by atoms with Crippen molar-refractivity contribution in [1.29, 1.82) is 0 Å². The summed E-state index contributed by atoms with van der Waals surface area (Å²) in [4.78, 5) is 0. The normalized spacial score (nSPS) is 9.87. The molecule has 0 fully saturated rings. The summed E-state index contributed by atoms with van der Waals surface area (Å²) < 4.78 is 0. The highest BCUT2D eigenvalue weighted by Gasteiger charge is 2.08. The Bertz CT molecular complexity index is 1540. The maximum absolute atomic E-state index is 9.73. The van der Waals surface area contributed by atoms with Gasteiger partial charge in [0, 0.05) is 22.3 Å². The van der Waals surface area contributed by atoms with Crippen LogP contribution in [-0.4, -0.2) is 20.4 Å². The summed E-state index contributed by atoms with van der Waals surface area (Å²) in [7, 11) is 0. The number of hydrogen-bond donors (Lipinski definition) is 4. The fourth-order valence-corrected chi connectivity index (χ4v) is 7.20. The average Bonchev–Trinajstić information content (AvgIpc) is 3.24. The first-order valence-electron chi connectivity index (χ1n) is 22.8. The van der Waals surface area contributed by atoms with Gasteiger partial charge >= 0.3 is 0 Å². The molecule has 6 heteroatoms. The van der Waals surface area contributed by atoms with E-state index in [9.17, 15) is 20.4 Å². The molecule has 0 aromatic heterocycles. The SMILES string of the molecule is C=CCc1c(O)cccc1CCCCC.C=CCc1c(O)cccc1CCCCC.C=CCc1c(O)cccc1CCCCC.C=CCc1c(O)cccc1CCCCC.S.S. The Kier molecular flexibility index (Phi) is 37.1. The predicted octanol–water partition coefficient (Wildman–Crippen LogP) is 15.6. The molecule has 0 saturated carbocycles. The van der Waals surface area contributed by atoms with Crippen LogP contribution in [0.15, 0.2) is 123 Å². The van der Waals surface area contributed by atoms with Crippen LogP contribution >= 0.6 is 27.0 Å². The highest BCUT2D eigenvalue weighted by molar-refractivity contribution is 7.59. The molecule has 0 aliphatic carbocycles. The Morgan fingerprint density at radius 2 is 0.532 bits per heavy atom. The molecule has 0 bridgehead atoms. The second-order valence-corrected chi connectivity index (χ2v) is 15.5. The first-order valence-corrected chi connectivity index (χ1v) is 22.8. The molecule has 0 saturated heterocycles. The van der Waals surface area contributed by atoms with E-state index in [-0.39, 0.29) is 27.0 Å². The Labute approximate surface area is 392 Å². The Hall–Kier alpha value is -4.26. The lowest BCUT2D eigenvalue weighted by molar-refractivity contribution is 0.468. The third kappa shape index (κ3) is 23.8. The van der Waals surface area contributed by atoms with E-state index in [4.69, 9.17) is 0 Å². The molecule has 344 valence electrons. The molecule has 4 rings (SSSR count). The lowest BCUT2D eigenvalue weighted by Crippen LogP contribution is -1.94. The molecule has 4 nitrogen and oxygen atoms in total. The highest BCUT2D eigenvalue weighted by atomic mass is 32.1. The second kappa shape index (κ2) is 38.4. The fourth-order valence-electron chi connectivity index (χ4n) is 7.20. The molecule has 0 heterocycles. The van der Waals surface area contributed by atoms with Gasteiger partial charge in [-0.05, 0) is 124 Å². The summed E-state index contributed by atoms with van der Waals surface area (Å²) in [6.45, 7) is 23.7. The predicted molar refractivity (Wildman–Crippen MR) is 282 cm³/mol. The van der Waals surface area contributed by atoms with Gasteiger partial charge in [-0.2, -0.15) is 27.0 Å². The first kappa shape index (κ1) is 59.8. The molecule has 0 unspecified atom stereocenters. The zero-order chi connectivity index (χ0) is 44.4. The number of hydrogen-bond acceptors (Lipinski definition) is 4. The van der Waals surface area contributed by atoms with Gasteiger partial charge in [0.15, 0.2) is 0 Å². The zero-order valence-electron chi connectivity index (χ0n) is 39.0. The van der Waals surface area contributed by atoms with Crippen molar-refractivity contribution in [3.8, 4) is 23.0 Å². The molecule has 4 aromatic carbocycles. The van der Waals surface area contributed by atoms with Gasteiger partial charge in [0.05, 0.1) is 0 Å². The number of aromatic hydroxyl groups is 4. The largest absolute Gasteiger partial charge is 0.508 e. The van der Waals surface area contributed by atoms with Gasteiger partial charge in [-0.25, -0.2) is 0 Å². The number of phenolic OH excluding ortho intramolecular Hbond substituents is 4. The smallest absolute Gasteiger partial charge is 0.119 e. The van der Waals surface area contributed by atoms with Crippen LogP contribution in [0, 0.1) is 0 Å². The zero-order valence-corrected chi connectivity index (χ0v) is 41.0. The molecule has 0 radical (unpaired) electrons. The van der Waals surface area contributed by atoms with Crippen LogP contribution in [0.5, 0.6) is 23.0 Å². The number of unbranched alkanes of at least 4 members (excludes halogenated alkanes) is 8. The summed E-state index contributed by atoms with van der Waals surface area (Å²) in [5, 5.41) is 38.9. The number of rotatable bonds is 24. The number of allylic oxidation sites excluding steroid dienone is 4. The van der Waals surface area contributed by atoms with Crippen LogP contribution in [0.4, 0.5) is 0 Å². The lowest BCUT2D eigenvalue weighted by Gasteiger charge is -2.09. The van der Waals surface area contributed by atoms with E-state index in [0.29, 0.717) is 23.0 Å². The quantitative estimate of drug-likeness (QED) is 0.0417. The molecule has 0 spiro atoms. The third-order valence-corrected chi connectivity index (χ3v) is 10.6. The van der Waals surface area contributed by atoms with Crippen molar-refractivity contribution >= 4 is 27.0 Å². The Morgan fingerprint density at radius 3 is 0.694 bits per heavy atom. The summed E-state index contributed by atoms with van der Waals surface area (Å²) in [6, 6.07) is 23.1. The molecule has 4 N–H and O–H groups in total. The van der Waals surface area contributed by atoms with Crippen molar-refractivity contribution in [3.05, 3.63) is 168 Å². The van der Waals surface area contributed by atoms with E-state index >= 15 is 0 Å². The van der Waals surface area contributed by atoms with Crippen molar-refractivity contribution in [3.63, 3.8) is 0 Å². The summed E-state index contributed by atoms with van der Waals surface area (Å²) >= 11 is 0. The van der Waals surface area contributed by atoms with Gasteiger partial charge in [-0.15, -0.1) is 26.3 Å². The summed E-state index contributed by atoms with van der Waals surface area (Å²) in [6.07, 6.45) is 29.4. The van der Waals surface area contributed by atoms with Crippen molar-refractivity contribution in [2.24, 2.45) is 0 Å². The second-order valence-electron chi connectivity index (χ2n) is 15.5. The molecule has 4 aromatic rings. The van der Waals surface area contributed by atoms with E-state index in [1.165, 1.54) is 99.3 Å². The average molecular weight is 885 g/mol. The maximum Gasteiger partial charge on any atom is 0.119 e. The summed E-state index contributed by atoms with van der Waals surface area (Å²) in [5.41, 5.74) is 9.25. The topological polar surface area (TPSA) is 80.9 Å². The van der Waals surface area contributed by atoms with E-state index in [1.807, 2.05) is 48.6 Å². The van der Waals surface area contributed by atoms with Crippen LogP contribution in [0.3, 0.4) is 0 Å². The molecular weight excluding hydrogens is 801 g/mol. The van der Waals surface area contributed by atoms with Crippen LogP contribution in [0.1, 0.15) is 149 Å². The van der Waals surface area contributed by atoms with E-state index in [0.717, 1.165) is 73.6 Å². The van der Waals surface area contributed by atoms with Crippen molar-refractivity contribution in [1.82, 2.24) is 0 Å². The monoisotopic (exact) mass is 885 g/mol. The standard InChI is InChI=1S/4C14H20O.2H2S/c4*1-3-5-6-9-12-10-7-11-14(15)13(12)8-4-2;;/h4*4,7,10-11,15H,2-3,5-6,8-9H2,1H3;2*1H2. The van der Waals surface area contributed by atoms with Crippen LogP contribution in [-0.2, 0) is 51.4 Å². The molecule has 0 aliphatic rings. The van der Waals surface area contributed by atoms with E-state index in [2.05, 4.69) is 78.3 Å². The van der Waals surface area contributed by atoms with Gasteiger partial charge in [0.1, 0.15) is 23.0 Å². The number of phenols is 4. The number of benzene rings is 4. The van der Waals surface area contributed by atoms with Crippen molar-refractivity contribution in [2.75, 3.05) is 0 Å². The van der Waals surface area contributed by atoms with Gasteiger partial charge in [-0.1, -0.05) is 152 Å². The molecular formula is C56H84O4S2. The summed E-state index contributed by atoms with van der Waals surface area (Å²) in [5.74, 6) is 1.63. The van der Waals surface area contributed by atoms with Crippen LogP contribution in [0.2, 0.25) is 0 Å². The number of aryl methyl sites for hydroxylation is 4. The van der Waals surface area contributed by atoms with Crippen molar-refractivity contribution < 1.29 is 20.4 Å². The minimum atomic E-state index is 0. The van der Waals surface area contributed by atoms with Gasteiger partial charge < -0.3 is 20.4 Å². The Balaban J connectivity index is 0. The first-order chi connectivity index (χ1) is 29.2. The Morgan fingerprint density at radius 1 is 0.339 bits per heavy atom. The van der Waals surface area contributed by atoms with Gasteiger partial charge in [0.2, 0.25) is 0 Å². The van der Waals surface area contributed by atoms with E-state index < -0.39 is 0 Å². The van der Waals surface area contributed by atoms with Gasteiger partial charge in [-0.3, -0.25) is 0 Å². The van der Waals surface area contributed by atoms with Crippen LogP contribution < -0.4 is 0 Å².